The van der Waals surface area contributed by atoms with Crippen molar-refractivity contribution >= 4 is 179 Å². The molecule has 0 atom stereocenters. The molecule has 0 N–H and O–H groups in total. The summed E-state index contributed by atoms with van der Waals surface area (Å²) in [6, 6.07) is 152. The molecule has 3 aliphatic rings. The first-order valence-corrected chi connectivity index (χ1v) is 50.7. The van der Waals surface area contributed by atoms with Crippen LogP contribution in [0, 0.1) is 0 Å². The zero-order chi connectivity index (χ0) is 73.0. The van der Waals surface area contributed by atoms with E-state index in [1.54, 1.807) is 8.79 Å². The number of hydrogen-bond donors (Lipinski definition) is 0. The fourth-order valence-corrected chi connectivity index (χ4v) is 50.0. The van der Waals surface area contributed by atoms with Gasteiger partial charge in [0.2, 0.25) is 0 Å². The van der Waals surface area contributed by atoms with Crippen LogP contribution in [-0.2, 0) is 6.42 Å². The average molecular weight is 1710 g/mol. The number of ketones is 2. The van der Waals surface area contributed by atoms with Gasteiger partial charge in [-0.2, -0.15) is 0 Å². The van der Waals surface area contributed by atoms with Crippen LogP contribution < -0.4 is 62.6 Å². The summed E-state index contributed by atoms with van der Waals surface area (Å²) in [5, 5.41) is 0. The molecule has 4 nitrogen and oxygen atoms in total. The molecule has 0 saturated heterocycles. The van der Waals surface area contributed by atoms with Crippen LogP contribution in [0.2, 0.25) is 0 Å². The van der Waals surface area contributed by atoms with Gasteiger partial charge >= 0.3 is 552 Å². The van der Waals surface area contributed by atoms with Gasteiger partial charge in [0.1, 0.15) is 0 Å². The van der Waals surface area contributed by atoms with Crippen molar-refractivity contribution in [3.8, 4) is 0 Å². The third-order valence-electron chi connectivity index (χ3n) is 21.6. The fourth-order valence-electron chi connectivity index (χ4n) is 17.0. The van der Waals surface area contributed by atoms with Crippen LogP contribution in [0.4, 0.5) is 34.1 Å². The Kier molecular flexibility index (Phi) is 21.1. The number of rotatable bonds is 12. The quantitative estimate of drug-likeness (QED) is 0.0903. The second-order valence-corrected chi connectivity index (χ2v) is 52.8. The van der Waals surface area contributed by atoms with E-state index in [0.29, 0.717) is 22.3 Å². The van der Waals surface area contributed by atoms with Crippen LogP contribution in [0.25, 0.3) is 0 Å². The standard InChI is InChI=1S/C61H44Ge2N2O.C25H20Ge.C13H8Br2O.B/c66-61(45-37-41-51(42-38-45)64-57-33-17-13-29-53(57)62(47-21-5-1-6-22-47,48-23-7-2-8-24-48)54-30-14-18-34-58(54)64)46-39-43-52(44-40-46)65-59-35-19-15-31-55(59)63(49-25-9-3-10-26-49,50-27-11-4-12-28-50)56-32-16-20-36-60(56)65;1-3-13-22(14-4-1)26(23-15-5-2-6-16-23)24-17-9-7-11-20(24)19-21-12-8-10-18-25(21)26;14-11-5-1-9(2-6-11)13(16)10-3-7-12(15)8-4-10;/h1-44H;1-18H,19H2;1-8H;. The number of fused-ring (bicyclic) bond motifs is 6. The SMILES string of the molecule is O=C(c1ccc(Br)cc1)c1ccc(Br)cc1.O=C(c1ccc(N2c3cccc[c]3[Ge]([c]3ccccc3)([c]3ccccc3)[c]3ccccc32)cc1)c1ccc(N2c3cccc[c]3[Ge]([c]3ccccc3)([c]3ccccc3)[c]3ccccc32)cc1.[B].c1cc[c]([Ge]2([c]3ccccc3)[c]3ccccc3Cc3cccc[c]32)cc1. The second kappa shape index (κ2) is 31.7. The van der Waals surface area contributed by atoms with Crippen molar-refractivity contribution in [2.45, 2.75) is 6.42 Å². The van der Waals surface area contributed by atoms with E-state index >= 15 is 0 Å². The van der Waals surface area contributed by atoms with Gasteiger partial charge in [-0.25, -0.2) is 0 Å². The number of carbonyl (C=O) groups is 2. The zero-order valence-corrected chi connectivity index (χ0v) is 69.1. The van der Waals surface area contributed by atoms with Gasteiger partial charge in [-0.15, -0.1) is 0 Å². The summed E-state index contributed by atoms with van der Waals surface area (Å²) in [5.41, 5.74) is 12.5. The molecule has 0 bridgehead atoms. The number of halogens is 2. The molecule has 0 saturated carbocycles. The molecule has 0 aromatic heterocycles. The molecule has 16 aromatic rings. The molecule has 0 spiro atoms. The normalized spacial score (nSPS) is 13.4. The van der Waals surface area contributed by atoms with Gasteiger partial charge in [-0.1, -0.05) is 31.9 Å². The first-order valence-electron chi connectivity index (χ1n) is 36.5. The topological polar surface area (TPSA) is 40.6 Å². The van der Waals surface area contributed by atoms with E-state index in [1.807, 2.05) is 72.8 Å². The summed E-state index contributed by atoms with van der Waals surface area (Å²) in [6.45, 7) is 0. The predicted octanol–water partition coefficient (Wildman–Crippen LogP) is 16.3. The molecule has 3 aliphatic heterocycles. The van der Waals surface area contributed by atoms with Crippen LogP contribution in [0.15, 0.2) is 434 Å². The third-order valence-corrected chi connectivity index (χ3v) is 53.6. The monoisotopic (exact) mass is 1710 g/mol. The summed E-state index contributed by atoms with van der Waals surface area (Å²) >= 11 is -3.25. The molecule has 109 heavy (non-hydrogen) atoms. The van der Waals surface area contributed by atoms with E-state index in [1.165, 1.54) is 77.8 Å². The first kappa shape index (κ1) is 72.3. The van der Waals surface area contributed by atoms with E-state index in [-0.39, 0.29) is 20.0 Å². The summed E-state index contributed by atoms with van der Waals surface area (Å²) in [5.74, 6) is 0.0383. The Morgan fingerprint density at radius 3 is 0.661 bits per heavy atom. The van der Waals surface area contributed by atoms with Gasteiger partial charge in [0, 0.05) is 28.5 Å². The van der Waals surface area contributed by atoms with Crippen LogP contribution in [0.1, 0.15) is 43.0 Å². The van der Waals surface area contributed by atoms with Crippen LogP contribution in [-0.4, -0.2) is 59.8 Å². The third kappa shape index (κ3) is 13.1. The van der Waals surface area contributed by atoms with Crippen LogP contribution in [0.3, 0.4) is 0 Å². The Morgan fingerprint density at radius 1 is 0.220 bits per heavy atom. The Hall–Kier alpha value is -10.9. The van der Waals surface area contributed by atoms with Gasteiger partial charge in [0.15, 0.2) is 5.78 Å². The number of nitrogens with zero attached hydrogens (tertiary/aromatic N) is 2. The molecular weight excluding hydrogens is 1640 g/mol. The Labute approximate surface area is 665 Å². The average Bonchev–Trinajstić information content (AvgIpc) is 0.708. The van der Waals surface area contributed by atoms with Crippen molar-refractivity contribution in [3.63, 3.8) is 0 Å². The van der Waals surface area contributed by atoms with Gasteiger partial charge in [0.05, 0.1) is 0 Å². The molecule has 0 unspecified atom stereocenters. The summed E-state index contributed by atoms with van der Waals surface area (Å²) in [6.07, 6.45) is 1.04. The van der Waals surface area contributed by atoms with Crippen LogP contribution >= 0.6 is 31.9 Å². The molecule has 3 radical (unpaired) electrons. The molecule has 3 heterocycles. The minimum absolute atomic E-state index is 0. The Morgan fingerprint density at radius 2 is 0.413 bits per heavy atom. The molecular formula is C99H72BBr2Ge3N2O2. The van der Waals surface area contributed by atoms with Gasteiger partial charge in [0.25, 0.3) is 0 Å². The second-order valence-electron chi connectivity index (χ2n) is 27.4. The molecule has 10 heteroatoms. The number of carbonyl (C=O) groups excluding carboxylic acids is 2. The van der Waals surface area contributed by atoms with Gasteiger partial charge < -0.3 is 0 Å². The van der Waals surface area contributed by atoms with Crippen molar-refractivity contribution < 1.29 is 9.59 Å². The maximum atomic E-state index is 14.4. The molecule has 16 aromatic carbocycles. The van der Waals surface area contributed by atoms with Crippen molar-refractivity contribution in [2.24, 2.45) is 0 Å². The minimum atomic E-state index is -3.48. The maximum absolute atomic E-state index is 14.4. The fraction of sp³-hybridized carbons (Fsp3) is 0.0101. The summed E-state index contributed by atoms with van der Waals surface area (Å²) < 4.78 is 19.3. The molecule has 0 aliphatic carbocycles. The van der Waals surface area contributed by atoms with Gasteiger partial charge in [-0.05, 0) is 48.5 Å². The predicted molar refractivity (Wildman–Crippen MR) is 470 cm³/mol. The molecule has 519 valence electrons. The first-order chi connectivity index (χ1) is 53.3. The summed E-state index contributed by atoms with van der Waals surface area (Å²) in [7, 11) is 0. The molecule has 19 rings (SSSR count). The molecule has 0 amide bonds. The van der Waals surface area contributed by atoms with Crippen molar-refractivity contribution in [3.05, 3.63) is 467 Å². The number of para-hydroxylation sites is 4. The molecule has 0 fully saturated rings. The number of hydrogen-bond acceptors (Lipinski definition) is 4. The van der Waals surface area contributed by atoms with E-state index < -0.39 is 39.8 Å². The van der Waals surface area contributed by atoms with E-state index in [4.69, 9.17) is 0 Å². The summed E-state index contributed by atoms with van der Waals surface area (Å²) in [4.78, 5) is 31.2. The van der Waals surface area contributed by atoms with E-state index in [9.17, 15) is 9.59 Å². The number of benzene rings is 16. The van der Waals surface area contributed by atoms with E-state index in [2.05, 4.69) is 394 Å². The van der Waals surface area contributed by atoms with Gasteiger partial charge in [-0.3, -0.25) is 4.79 Å². The van der Waals surface area contributed by atoms with Crippen molar-refractivity contribution in [1.82, 2.24) is 0 Å². The Bertz CT molecular complexity index is 5370. The van der Waals surface area contributed by atoms with Crippen molar-refractivity contribution in [2.75, 3.05) is 9.80 Å². The van der Waals surface area contributed by atoms with Crippen LogP contribution in [0.5, 0.6) is 0 Å². The van der Waals surface area contributed by atoms with E-state index in [0.717, 1.165) is 26.7 Å². The van der Waals surface area contributed by atoms with Crippen molar-refractivity contribution in [1.29, 1.82) is 0 Å². The Balaban J connectivity index is 0.000000170. The zero-order valence-electron chi connectivity index (χ0n) is 59.7. The number of anilines is 6.